The number of piperidine rings is 1. The van der Waals surface area contributed by atoms with Crippen LogP contribution < -0.4 is 25.4 Å². The van der Waals surface area contributed by atoms with Gasteiger partial charge in [-0.2, -0.15) is 5.10 Å². The number of ether oxygens (including phenoxy) is 2. The number of hydrogen-bond acceptors (Lipinski definition) is 6. The third-order valence-corrected chi connectivity index (χ3v) is 9.25. The number of carbonyl (C=O) groups excluding carboxylic acids is 2. The number of H-pyrrole nitrogens is 1. The van der Waals surface area contributed by atoms with Crippen LogP contribution in [0.2, 0.25) is 0 Å². The quantitative estimate of drug-likeness (QED) is 0.279. The molecule has 0 radical (unpaired) electrons. The molecule has 2 saturated heterocycles. The van der Waals surface area contributed by atoms with Crippen LogP contribution in [0.4, 0.5) is 5.69 Å². The molecule has 2 aliphatic heterocycles. The van der Waals surface area contributed by atoms with E-state index in [0.717, 1.165) is 86.5 Å². The average molecular weight is 632 g/mol. The first-order chi connectivity index (χ1) is 22.3. The number of aromatic amines is 1. The van der Waals surface area contributed by atoms with Crippen molar-refractivity contribution in [3.05, 3.63) is 60.4 Å². The number of carbonyl (C=O) groups is 2. The maximum atomic E-state index is 14.2. The van der Waals surface area contributed by atoms with Crippen LogP contribution in [0.15, 0.2) is 54.9 Å². The normalized spacial score (nSPS) is 18.7. The van der Waals surface area contributed by atoms with E-state index in [1.54, 1.807) is 6.20 Å². The number of nitrogens with two attached hydrogens (primary N) is 1. The van der Waals surface area contributed by atoms with Crippen molar-refractivity contribution in [2.24, 2.45) is 5.92 Å². The number of quaternary nitrogens is 2. The Kier molecular flexibility index (Phi) is 9.79. The summed E-state index contributed by atoms with van der Waals surface area (Å²) in [6, 6.07) is 14.4. The van der Waals surface area contributed by atoms with Crippen LogP contribution in [-0.4, -0.2) is 95.9 Å². The second-order valence-corrected chi connectivity index (χ2v) is 13.3. The van der Waals surface area contributed by atoms with Gasteiger partial charge < -0.3 is 35.2 Å². The molecule has 2 aromatic carbocycles. The highest BCUT2D eigenvalue weighted by molar-refractivity contribution is 5.85. The first-order valence-electron chi connectivity index (χ1n) is 16.8. The molecule has 11 heteroatoms. The fraction of sp³-hybridized carbons (Fsp3) is 0.514. The maximum Gasteiger partial charge on any atom is 0.266 e. The van der Waals surface area contributed by atoms with Gasteiger partial charge in [-0.25, -0.2) is 0 Å². The van der Waals surface area contributed by atoms with Gasteiger partial charge in [0.1, 0.15) is 24.7 Å². The molecule has 1 aromatic heterocycles. The van der Waals surface area contributed by atoms with Gasteiger partial charge in [0.05, 0.1) is 38.3 Å². The first-order valence-corrected chi connectivity index (χ1v) is 16.8. The molecule has 3 aromatic rings. The molecule has 1 aliphatic carbocycles. The second-order valence-electron chi connectivity index (χ2n) is 13.3. The minimum absolute atomic E-state index is 0.0193. The van der Waals surface area contributed by atoms with Crippen LogP contribution >= 0.6 is 0 Å². The molecule has 3 aliphatic rings. The second kappa shape index (κ2) is 14.1. The van der Waals surface area contributed by atoms with Crippen molar-refractivity contribution < 1.29 is 30.1 Å². The fourth-order valence-corrected chi connectivity index (χ4v) is 6.61. The summed E-state index contributed by atoms with van der Waals surface area (Å²) in [6.45, 7) is 10.3. The topological polar surface area (TPSA) is 135 Å². The van der Waals surface area contributed by atoms with Crippen LogP contribution in [0.1, 0.15) is 45.1 Å². The lowest BCUT2D eigenvalue weighted by Gasteiger charge is -2.37. The Bertz CT molecular complexity index is 1480. The standard InChI is InChI=1S/C35H47N7O4/c1-35(2,34(44)40-16-13-37-14-17-40)46-31-7-3-6-30(20-31)41-15-4-5-27(23-41)33(43)42(29-10-11-29)24-26-9-8-25(28-21-38-39-22-28)19-32(26)45-18-12-36/h3,6-9,19-22,27,29,37H,4-5,10-18,23-24,36H2,1-2H3,(H,38,39)/p+2/t27-/m1/s1. The summed E-state index contributed by atoms with van der Waals surface area (Å²) in [6.07, 6.45) is 7.54. The van der Waals surface area contributed by atoms with E-state index < -0.39 is 5.60 Å². The molecule has 1 atom stereocenters. The lowest BCUT2D eigenvalue weighted by atomic mass is 9.95. The largest absolute Gasteiger partial charge is 0.487 e. The van der Waals surface area contributed by atoms with Gasteiger partial charge in [-0.05, 0) is 63.3 Å². The molecule has 0 spiro atoms. The molecule has 0 unspecified atom stereocenters. The molecule has 6 rings (SSSR count). The van der Waals surface area contributed by atoms with Crippen molar-refractivity contribution in [2.45, 2.75) is 57.7 Å². The molecule has 246 valence electrons. The Hall–Kier alpha value is -4.09. The Morgan fingerprint density at radius 3 is 2.65 bits per heavy atom. The number of amides is 2. The minimum Gasteiger partial charge on any atom is -0.487 e. The van der Waals surface area contributed by atoms with E-state index in [1.807, 2.05) is 49.2 Å². The van der Waals surface area contributed by atoms with E-state index in [2.05, 4.69) is 49.2 Å². The summed E-state index contributed by atoms with van der Waals surface area (Å²) < 4.78 is 12.5. The van der Waals surface area contributed by atoms with E-state index >= 15 is 0 Å². The molecule has 3 heterocycles. The smallest absolute Gasteiger partial charge is 0.266 e. The molecule has 3 fully saturated rings. The van der Waals surface area contributed by atoms with E-state index in [9.17, 15) is 9.59 Å². The SMILES string of the molecule is CC(C)(Oc1cccc(N2CCC[C@@H](C(=O)N(Cc3ccc(-c4cn[nH]c4)cc3OCC[NH3+])C3CC3)C2)c1)C(=O)N1CC[NH2+]CC1. The summed E-state index contributed by atoms with van der Waals surface area (Å²) in [4.78, 5) is 33.7. The number of nitrogens with one attached hydrogen (secondary N) is 1. The van der Waals surface area contributed by atoms with E-state index in [-0.39, 0.29) is 23.8 Å². The summed E-state index contributed by atoms with van der Waals surface area (Å²) in [5.74, 6) is 1.60. The van der Waals surface area contributed by atoms with Crippen LogP contribution in [0.3, 0.4) is 0 Å². The molecular formula is C35H49N7O4+2. The van der Waals surface area contributed by atoms with Crippen molar-refractivity contribution in [3.8, 4) is 22.6 Å². The Morgan fingerprint density at radius 1 is 1.09 bits per heavy atom. The number of piperazine rings is 1. The van der Waals surface area contributed by atoms with Crippen LogP contribution in [0, 0.1) is 5.92 Å². The number of nitrogens with zero attached hydrogens (tertiary/aromatic N) is 4. The highest BCUT2D eigenvalue weighted by Crippen LogP contribution is 2.36. The summed E-state index contributed by atoms with van der Waals surface area (Å²) in [7, 11) is 0. The fourth-order valence-electron chi connectivity index (χ4n) is 6.61. The molecule has 6 N–H and O–H groups in total. The highest BCUT2D eigenvalue weighted by Gasteiger charge is 2.38. The zero-order valence-electron chi connectivity index (χ0n) is 27.2. The van der Waals surface area contributed by atoms with Gasteiger partial charge in [0.15, 0.2) is 5.60 Å². The lowest BCUT2D eigenvalue weighted by Crippen LogP contribution is -2.90. The number of rotatable bonds is 12. The monoisotopic (exact) mass is 631 g/mol. The Morgan fingerprint density at radius 2 is 1.91 bits per heavy atom. The zero-order chi connectivity index (χ0) is 32.1. The van der Waals surface area contributed by atoms with Gasteiger partial charge in [-0.1, -0.05) is 18.2 Å². The molecular weight excluding hydrogens is 582 g/mol. The lowest BCUT2D eigenvalue weighted by molar-refractivity contribution is -0.662. The summed E-state index contributed by atoms with van der Waals surface area (Å²) in [5, 5.41) is 9.20. The Balaban J connectivity index is 1.14. The molecule has 46 heavy (non-hydrogen) atoms. The molecule has 2 amide bonds. The van der Waals surface area contributed by atoms with Crippen molar-refractivity contribution in [2.75, 3.05) is 57.3 Å². The van der Waals surface area contributed by atoms with Gasteiger partial charge in [0.2, 0.25) is 5.91 Å². The van der Waals surface area contributed by atoms with Crippen LogP contribution in [0.5, 0.6) is 11.5 Å². The number of anilines is 1. The molecule has 0 bridgehead atoms. The predicted molar refractivity (Wildman–Crippen MR) is 175 cm³/mol. The zero-order valence-corrected chi connectivity index (χ0v) is 27.2. The third-order valence-electron chi connectivity index (χ3n) is 9.25. The van der Waals surface area contributed by atoms with Crippen molar-refractivity contribution in [1.82, 2.24) is 20.0 Å². The van der Waals surface area contributed by atoms with Crippen LogP contribution in [0.25, 0.3) is 11.1 Å². The minimum atomic E-state index is -0.964. The average Bonchev–Trinajstić information content (AvgIpc) is 3.78. The van der Waals surface area contributed by atoms with E-state index in [0.29, 0.717) is 32.0 Å². The highest BCUT2D eigenvalue weighted by atomic mass is 16.5. The number of benzene rings is 2. The van der Waals surface area contributed by atoms with Gasteiger partial charge in [-0.3, -0.25) is 14.7 Å². The van der Waals surface area contributed by atoms with Gasteiger partial charge in [0, 0.05) is 54.8 Å². The third kappa shape index (κ3) is 7.47. The maximum absolute atomic E-state index is 14.2. The molecule has 1 saturated carbocycles. The van der Waals surface area contributed by atoms with E-state index in [1.165, 1.54) is 0 Å². The van der Waals surface area contributed by atoms with Crippen molar-refractivity contribution in [3.63, 3.8) is 0 Å². The van der Waals surface area contributed by atoms with Crippen LogP contribution in [-0.2, 0) is 16.1 Å². The van der Waals surface area contributed by atoms with Gasteiger partial charge >= 0.3 is 0 Å². The number of hydrogen-bond donors (Lipinski definition) is 3. The first kappa shape index (κ1) is 31.9. The van der Waals surface area contributed by atoms with E-state index in [4.69, 9.17) is 9.47 Å². The summed E-state index contributed by atoms with van der Waals surface area (Å²) in [5.41, 5.74) is 7.02. The van der Waals surface area contributed by atoms with Gasteiger partial charge in [0.25, 0.3) is 5.91 Å². The van der Waals surface area contributed by atoms with Crippen molar-refractivity contribution >= 4 is 17.5 Å². The van der Waals surface area contributed by atoms with Crippen molar-refractivity contribution in [1.29, 1.82) is 0 Å². The van der Waals surface area contributed by atoms with Gasteiger partial charge in [-0.15, -0.1) is 0 Å². The molecule has 11 nitrogen and oxygen atoms in total. The Labute approximate surface area is 271 Å². The summed E-state index contributed by atoms with van der Waals surface area (Å²) >= 11 is 0. The number of aromatic nitrogens is 2. The predicted octanol–water partition coefficient (Wildman–Crippen LogP) is 1.67.